The first-order valence-corrected chi connectivity index (χ1v) is 8.59. The Hall–Kier alpha value is -3.41. The molecular formula is C20H17N5O. The van der Waals surface area contributed by atoms with E-state index in [2.05, 4.69) is 40.6 Å². The maximum Gasteiger partial charge on any atom is 0.321 e. The number of urea groups is 1. The maximum absolute atomic E-state index is 12.0. The second kappa shape index (κ2) is 5.56. The average molecular weight is 343 g/mol. The zero-order valence-electron chi connectivity index (χ0n) is 14.3. The largest absolute Gasteiger partial charge is 0.336 e. The zero-order chi connectivity index (χ0) is 17.7. The van der Waals surface area contributed by atoms with E-state index in [-0.39, 0.29) is 6.03 Å². The lowest BCUT2D eigenvalue weighted by Crippen LogP contribution is -2.27. The van der Waals surface area contributed by atoms with Crippen LogP contribution in [0.4, 0.5) is 10.5 Å². The number of rotatable bonds is 2. The van der Waals surface area contributed by atoms with Gasteiger partial charge in [-0.1, -0.05) is 18.2 Å². The number of hydrogen-bond donors (Lipinski definition) is 2. The van der Waals surface area contributed by atoms with Gasteiger partial charge in [0.15, 0.2) is 0 Å². The fraction of sp³-hybridized carbons (Fsp3) is 0.150. The van der Waals surface area contributed by atoms with Crippen molar-refractivity contribution in [3.63, 3.8) is 0 Å². The Kier molecular flexibility index (Phi) is 3.18. The summed E-state index contributed by atoms with van der Waals surface area (Å²) >= 11 is 0. The first-order valence-electron chi connectivity index (χ1n) is 8.59. The van der Waals surface area contributed by atoms with Gasteiger partial charge < -0.3 is 5.32 Å². The number of nitrogens with zero attached hydrogens (tertiary/aromatic N) is 3. The minimum atomic E-state index is -0.0538. The van der Waals surface area contributed by atoms with Crippen molar-refractivity contribution in [2.75, 3.05) is 18.0 Å². The Morgan fingerprint density at radius 1 is 1.12 bits per heavy atom. The topological polar surface area (TPSA) is 73.9 Å². The van der Waals surface area contributed by atoms with Crippen LogP contribution in [-0.4, -0.2) is 34.3 Å². The van der Waals surface area contributed by atoms with Gasteiger partial charge in [0.25, 0.3) is 0 Å². The van der Waals surface area contributed by atoms with Crippen molar-refractivity contribution in [2.24, 2.45) is 0 Å². The van der Waals surface area contributed by atoms with Crippen LogP contribution in [0.2, 0.25) is 0 Å². The Labute approximate surface area is 149 Å². The third kappa shape index (κ3) is 2.30. The van der Waals surface area contributed by atoms with Gasteiger partial charge in [0, 0.05) is 35.1 Å². The number of benzene rings is 2. The van der Waals surface area contributed by atoms with E-state index in [4.69, 9.17) is 4.98 Å². The summed E-state index contributed by atoms with van der Waals surface area (Å²) in [4.78, 5) is 18.6. The van der Waals surface area contributed by atoms with Gasteiger partial charge >= 0.3 is 6.03 Å². The van der Waals surface area contributed by atoms with E-state index in [1.54, 1.807) is 4.90 Å². The first-order chi connectivity index (χ1) is 12.7. The monoisotopic (exact) mass is 343 g/mol. The average Bonchev–Trinajstić information content (AvgIpc) is 3.29. The number of pyridine rings is 1. The van der Waals surface area contributed by atoms with Crippen molar-refractivity contribution >= 4 is 33.5 Å². The van der Waals surface area contributed by atoms with Crippen molar-refractivity contribution in [3.05, 3.63) is 54.2 Å². The third-order valence-electron chi connectivity index (χ3n) is 4.91. The van der Waals surface area contributed by atoms with E-state index in [0.717, 1.165) is 44.3 Å². The number of aryl methyl sites for hydroxylation is 1. The SMILES string of the molecule is Cc1cc(-c2ccc3cn[nH]c3c2)nc2cc(N3CCNC3=O)ccc12. The third-order valence-corrected chi connectivity index (χ3v) is 4.91. The van der Waals surface area contributed by atoms with Gasteiger partial charge in [-0.25, -0.2) is 9.78 Å². The molecule has 1 fully saturated rings. The molecule has 0 saturated carbocycles. The fourth-order valence-corrected chi connectivity index (χ4v) is 3.52. The van der Waals surface area contributed by atoms with Crippen LogP contribution in [0.3, 0.4) is 0 Å². The zero-order valence-corrected chi connectivity index (χ0v) is 14.3. The van der Waals surface area contributed by atoms with Gasteiger partial charge in [-0.15, -0.1) is 0 Å². The molecule has 6 nitrogen and oxygen atoms in total. The molecule has 1 aliphatic rings. The summed E-state index contributed by atoms with van der Waals surface area (Å²) in [6.07, 6.45) is 1.81. The molecule has 2 aromatic carbocycles. The molecule has 0 aliphatic carbocycles. The molecule has 26 heavy (non-hydrogen) atoms. The number of nitrogens with one attached hydrogen (secondary N) is 2. The molecule has 6 heteroatoms. The van der Waals surface area contributed by atoms with Crippen molar-refractivity contribution in [1.82, 2.24) is 20.5 Å². The summed E-state index contributed by atoms with van der Waals surface area (Å²) in [5.74, 6) is 0. The van der Waals surface area contributed by atoms with Crippen LogP contribution >= 0.6 is 0 Å². The predicted molar refractivity (Wildman–Crippen MR) is 102 cm³/mol. The number of carbonyl (C=O) groups is 1. The second-order valence-corrected chi connectivity index (χ2v) is 6.58. The van der Waals surface area contributed by atoms with Crippen LogP contribution in [0.15, 0.2) is 48.7 Å². The van der Waals surface area contributed by atoms with Gasteiger partial charge in [-0.3, -0.25) is 10.00 Å². The van der Waals surface area contributed by atoms with Gasteiger partial charge in [0.05, 0.1) is 22.9 Å². The van der Waals surface area contributed by atoms with E-state index in [9.17, 15) is 4.79 Å². The molecule has 0 radical (unpaired) electrons. The van der Waals surface area contributed by atoms with E-state index in [0.29, 0.717) is 13.1 Å². The number of hydrogen-bond acceptors (Lipinski definition) is 3. The minimum Gasteiger partial charge on any atom is -0.336 e. The molecule has 3 heterocycles. The predicted octanol–water partition coefficient (Wildman–Crippen LogP) is 3.62. The standard InChI is InChI=1S/C20H17N5O/c1-12-8-17(13-2-3-14-11-22-24-18(14)9-13)23-19-10-15(4-5-16(12)19)25-7-6-21-20(25)26/h2-5,8-11H,6-7H2,1H3,(H,21,26)(H,22,24). The molecule has 0 bridgehead atoms. The quantitative estimate of drug-likeness (QED) is 0.584. The normalized spacial score (nSPS) is 14.3. The summed E-state index contributed by atoms with van der Waals surface area (Å²) in [5.41, 5.74) is 5.87. The van der Waals surface area contributed by atoms with Crippen LogP contribution in [-0.2, 0) is 0 Å². The smallest absolute Gasteiger partial charge is 0.321 e. The number of aromatic amines is 1. The highest BCUT2D eigenvalue weighted by Crippen LogP contribution is 2.29. The molecule has 2 N–H and O–H groups in total. The van der Waals surface area contributed by atoms with Crippen LogP contribution in [0, 0.1) is 6.92 Å². The number of anilines is 1. The number of fused-ring (bicyclic) bond motifs is 2. The van der Waals surface area contributed by atoms with E-state index in [1.165, 1.54) is 0 Å². The number of amides is 2. The molecule has 128 valence electrons. The van der Waals surface area contributed by atoms with Crippen molar-refractivity contribution in [3.8, 4) is 11.3 Å². The number of H-pyrrole nitrogens is 1. The van der Waals surface area contributed by atoms with Gasteiger partial charge in [0.2, 0.25) is 0 Å². The first kappa shape index (κ1) is 14.9. The molecule has 5 rings (SSSR count). The van der Waals surface area contributed by atoms with E-state index >= 15 is 0 Å². The number of carbonyl (C=O) groups excluding carboxylic acids is 1. The molecule has 2 aromatic heterocycles. The van der Waals surface area contributed by atoms with Gasteiger partial charge in [-0.05, 0) is 36.8 Å². The fourth-order valence-electron chi connectivity index (χ4n) is 3.52. The van der Waals surface area contributed by atoms with E-state index < -0.39 is 0 Å². The molecule has 4 aromatic rings. The Morgan fingerprint density at radius 3 is 2.88 bits per heavy atom. The lowest BCUT2D eigenvalue weighted by atomic mass is 10.0. The summed E-state index contributed by atoms with van der Waals surface area (Å²) in [6, 6.07) is 14.2. The van der Waals surface area contributed by atoms with Gasteiger partial charge in [-0.2, -0.15) is 5.10 Å². The van der Waals surface area contributed by atoms with Crippen LogP contribution < -0.4 is 10.2 Å². The molecule has 0 atom stereocenters. The highest BCUT2D eigenvalue weighted by atomic mass is 16.2. The molecule has 1 aliphatic heterocycles. The van der Waals surface area contributed by atoms with Crippen molar-refractivity contribution in [2.45, 2.75) is 6.92 Å². The molecule has 0 unspecified atom stereocenters. The van der Waals surface area contributed by atoms with Gasteiger partial charge in [0.1, 0.15) is 0 Å². The summed E-state index contributed by atoms with van der Waals surface area (Å²) in [7, 11) is 0. The number of aromatic nitrogens is 3. The second-order valence-electron chi connectivity index (χ2n) is 6.58. The van der Waals surface area contributed by atoms with Crippen molar-refractivity contribution < 1.29 is 4.79 Å². The highest BCUT2D eigenvalue weighted by molar-refractivity contribution is 5.97. The van der Waals surface area contributed by atoms with Crippen molar-refractivity contribution in [1.29, 1.82) is 0 Å². The Morgan fingerprint density at radius 2 is 2.04 bits per heavy atom. The lowest BCUT2D eigenvalue weighted by molar-refractivity contribution is 0.252. The summed E-state index contributed by atoms with van der Waals surface area (Å²) < 4.78 is 0. The maximum atomic E-state index is 12.0. The summed E-state index contributed by atoms with van der Waals surface area (Å²) in [5, 5.41) is 12.1. The summed E-state index contributed by atoms with van der Waals surface area (Å²) in [6.45, 7) is 3.44. The Bertz CT molecular complexity index is 1160. The van der Waals surface area contributed by atoms with Crippen LogP contribution in [0.1, 0.15) is 5.56 Å². The Balaban J connectivity index is 1.65. The molecule has 2 amide bonds. The molecule has 1 saturated heterocycles. The molecule has 0 spiro atoms. The van der Waals surface area contributed by atoms with Crippen LogP contribution in [0.5, 0.6) is 0 Å². The van der Waals surface area contributed by atoms with Crippen LogP contribution in [0.25, 0.3) is 33.1 Å². The molecular weight excluding hydrogens is 326 g/mol. The highest BCUT2D eigenvalue weighted by Gasteiger charge is 2.21. The van der Waals surface area contributed by atoms with E-state index in [1.807, 2.05) is 30.5 Å². The lowest BCUT2D eigenvalue weighted by Gasteiger charge is -2.15. The minimum absolute atomic E-state index is 0.0538.